The molecule has 0 radical (unpaired) electrons. The predicted molar refractivity (Wildman–Crippen MR) is 113 cm³/mol. The molecule has 1 amide bonds. The average Bonchev–Trinajstić information content (AvgIpc) is 3.16. The lowest BCUT2D eigenvalue weighted by Crippen LogP contribution is -2.30. The van der Waals surface area contributed by atoms with Gasteiger partial charge in [0.25, 0.3) is 5.91 Å². The molecule has 0 aliphatic carbocycles. The van der Waals surface area contributed by atoms with Crippen molar-refractivity contribution in [3.05, 3.63) is 75.7 Å². The molecular formula is C22H17FN2O4S. The maximum absolute atomic E-state index is 13.1. The van der Waals surface area contributed by atoms with Crippen LogP contribution >= 0.6 is 11.3 Å². The highest BCUT2D eigenvalue weighted by atomic mass is 32.1. The first-order valence-corrected chi connectivity index (χ1v) is 10.0. The standard InChI is InChI=1S/C22H17FN2O4S/c1-12-9-20(26)29-19-10-16(7-8-17(12)19)28-13(2)21(27)25-22-24-18(11-30-22)14-3-5-15(23)6-4-14/h3-11,13H,1-2H3,(H,24,25,27). The second kappa shape index (κ2) is 8.08. The number of carbonyl (C=O) groups excluding carboxylic acids is 1. The highest BCUT2D eigenvalue weighted by Crippen LogP contribution is 2.26. The van der Waals surface area contributed by atoms with E-state index in [2.05, 4.69) is 10.3 Å². The average molecular weight is 424 g/mol. The molecule has 1 atom stereocenters. The van der Waals surface area contributed by atoms with Crippen LogP contribution in [0, 0.1) is 12.7 Å². The Bertz CT molecular complexity index is 1280. The Hall–Kier alpha value is -3.52. The third-order valence-electron chi connectivity index (χ3n) is 4.48. The molecule has 4 rings (SSSR count). The zero-order valence-corrected chi connectivity index (χ0v) is 17.0. The quantitative estimate of drug-likeness (QED) is 0.467. The minimum absolute atomic E-state index is 0.323. The number of amides is 1. The van der Waals surface area contributed by atoms with Gasteiger partial charge in [0.1, 0.15) is 17.1 Å². The van der Waals surface area contributed by atoms with E-state index in [0.717, 1.165) is 16.5 Å². The lowest BCUT2D eigenvalue weighted by Gasteiger charge is -2.14. The Kier molecular flexibility index (Phi) is 5.33. The van der Waals surface area contributed by atoms with Crippen LogP contribution in [0.4, 0.5) is 9.52 Å². The van der Waals surface area contributed by atoms with Gasteiger partial charge in [-0.05, 0) is 55.8 Å². The molecule has 2 heterocycles. The second-order valence-corrected chi connectivity index (χ2v) is 7.56. The second-order valence-electron chi connectivity index (χ2n) is 6.70. The van der Waals surface area contributed by atoms with Crippen molar-refractivity contribution < 1.29 is 18.3 Å². The van der Waals surface area contributed by atoms with Crippen molar-refractivity contribution in [2.45, 2.75) is 20.0 Å². The normalized spacial score (nSPS) is 12.0. The van der Waals surface area contributed by atoms with E-state index >= 15 is 0 Å². The molecule has 0 saturated carbocycles. The van der Waals surface area contributed by atoms with Gasteiger partial charge < -0.3 is 9.15 Å². The van der Waals surface area contributed by atoms with Crippen molar-refractivity contribution in [2.75, 3.05) is 5.32 Å². The minimum Gasteiger partial charge on any atom is -0.481 e. The molecule has 30 heavy (non-hydrogen) atoms. The number of nitrogens with one attached hydrogen (secondary N) is 1. The summed E-state index contributed by atoms with van der Waals surface area (Å²) in [6.07, 6.45) is -0.808. The molecule has 1 N–H and O–H groups in total. The van der Waals surface area contributed by atoms with Gasteiger partial charge in [-0.25, -0.2) is 14.2 Å². The molecule has 6 nitrogen and oxygen atoms in total. The molecular weight excluding hydrogens is 407 g/mol. The molecule has 0 bridgehead atoms. The van der Waals surface area contributed by atoms with Gasteiger partial charge in [-0.1, -0.05) is 0 Å². The number of aryl methyl sites for hydroxylation is 1. The van der Waals surface area contributed by atoms with Crippen LogP contribution in [0.2, 0.25) is 0 Å². The van der Waals surface area contributed by atoms with Gasteiger partial charge in [-0.3, -0.25) is 10.1 Å². The van der Waals surface area contributed by atoms with E-state index in [-0.39, 0.29) is 11.7 Å². The van der Waals surface area contributed by atoms with E-state index in [1.54, 1.807) is 42.6 Å². The van der Waals surface area contributed by atoms with Crippen molar-refractivity contribution in [2.24, 2.45) is 0 Å². The van der Waals surface area contributed by atoms with E-state index in [0.29, 0.717) is 22.2 Å². The summed E-state index contributed by atoms with van der Waals surface area (Å²) in [5.41, 5.74) is 2.16. The molecule has 0 aliphatic heterocycles. The maximum Gasteiger partial charge on any atom is 0.336 e. The number of ether oxygens (including phenoxy) is 1. The van der Waals surface area contributed by atoms with Gasteiger partial charge in [0.05, 0.1) is 5.69 Å². The monoisotopic (exact) mass is 424 g/mol. The summed E-state index contributed by atoms with van der Waals surface area (Å²) in [5.74, 6) is -0.289. The maximum atomic E-state index is 13.1. The first-order chi connectivity index (χ1) is 14.4. The van der Waals surface area contributed by atoms with Crippen LogP contribution in [0.1, 0.15) is 12.5 Å². The minimum atomic E-state index is -0.808. The van der Waals surface area contributed by atoms with E-state index in [1.165, 1.54) is 29.5 Å². The summed E-state index contributed by atoms with van der Waals surface area (Å²) in [6.45, 7) is 3.44. The van der Waals surface area contributed by atoms with E-state index in [1.807, 2.05) is 6.92 Å². The molecule has 8 heteroatoms. The highest BCUT2D eigenvalue weighted by Gasteiger charge is 2.17. The number of aromatic nitrogens is 1. The third-order valence-corrected chi connectivity index (χ3v) is 5.24. The molecule has 0 aliphatic rings. The largest absolute Gasteiger partial charge is 0.481 e. The summed E-state index contributed by atoms with van der Waals surface area (Å²) in [6, 6.07) is 12.5. The van der Waals surface area contributed by atoms with Gasteiger partial charge in [0, 0.05) is 28.5 Å². The Labute approximate surface area is 175 Å². The van der Waals surface area contributed by atoms with Crippen molar-refractivity contribution in [3.8, 4) is 17.0 Å². The summed E-state index contributed by atoms with van der Waals surface area (Å²) in [7, 11) is 0. The number of rotatable bonds is 5. The van der Waals surface area contributed by atoms with E-state index in [4.69, 9.17) is 9.15 Å². The Morgan fingerprint density at radius 1 is 1.20 bits per heavy atom. The first-order valence-electron chi connectivity index (χ1n) is 9.12. The number of carbonyl (C=O) groups is 1. The molecule has 0 fully saturated rings. The Balaban J connectivity index is 1.45. The summed E-state index contributed by atoms with van der Waals surface area (Å²) < 4.78 is 24.0. The molecule has 0 spiro atoms. The number of fused-ring (bicyclic) bond motifs is 1. The zero-order chi connectivity index (χ0) is 21.3. The molecule has 2 aromatic heterocycles. The predicted octanol–water partition coefficient (Wildman–Crippen LogP) is 4.77. The molecule has 4 aromatic rings. The first kappa shape index (κ1) is 19.8. The van der Waals surface area contributed by atoms with Crippen molar-refractivity contribution in [1.29, 1.82) is 0 Å². The van der Waals surface area contributed by atoms with Crippen molar-refractivity contribution >= 4 is 33.3 Å². The summed E-state index contributed by atoms with van der Waals surface area (Å²) in [5, 5.41) is 5.71. The fourth-order valence-corrected chi connectivity index (χ4v) is 3.65. The van der Waals surface area contributed by atoms with Crippen LogP contribution < -0.4 is 15.7 Å². The lowest BCUT2D eigenvalue weighted by molar-refractivity contribution is -0.122. The van der Waals surface area contributed by atoms with Crippen LogP contribution in [0.5, 0.6) is 5.75 Å². The zero-order valence-electron chi connectivity index (χ0n) is 16.1. The summed E-state index contributed by atoms with van der Waals surface area (Å²) >= 11 is 1.26. The van der Waals surface area contributed by atoms with Crippen molar-refractivity contribution in [1.82, 2.24) is 4.98 Å². The Morgan fingerprint density at radius 3 is 2.73 bits per heavy atom. The fourth-order valence-electron chi connectivity index (χ4n) is 2.93. The van der Waals surface area contributed by atoms with Crippen molar-refractivity contribution in [3.63, 3.8) is 0 Å². The van der Waals surface area contributed by atoms with Crippen LogP contribution in [0.15, 0.2) is 63.1 Å². The number of anilines is 1. The van der Waals surface area contributed by atoms with Crippen LogP contribution in [-0.4, -0.2) is 17.0 Å². The van der Waals surface area contributed by atoms with Gasteiger partial charge in [-0.15, -0.1) is 11.3 Å². The molecule has 2 aromatic carbocycles. The van der Waals surface area contributed by atoms with Crippen LogP contribution in [0.3, 0.4) is 0 Å². The van der Waals surface area contributed by atoms with Gasteiger partial charge >= 0.3 is 5.63 Å². The number of hydrogen-bond donors (Lipinski definition) is 1. The van der Waals surface area contributed by atoms with E-state index < -0.39 is 11.7 Å². The number of hydrogen-bond acceptors (Lipinski definition) is 6. The van der Waals surface area contributed by atoms with Gasteiger partial charge in [0.2, 0.25) is 0 Å². The number of thiazole rings is 1. The van der Waals surface area contributed by atoms with Gasteiger partial charge in [0.15, 0.2) is 11.2 Å². The molecule has 152 valence electrons. The SMILES string of the molecule is Cc1cc(=O)oc2cc(OC(C)C(=O)Nc3nc(-c4ccc(F)cc4)cs3)ccc12. The summed E-state index contributed by atoms with van der Waals surface area (Å²) in [4.78, 5) is 28.4. The topological polar surface area (TPSA) is 81.4 Å². The molecule has 0 saturated heterocycles. The lowest BCUT2D eigenvalue weighted by atomic mass is 10.1. The van der Waals surface area contributed by atoms with Crippen LogP contribution in [-0.2, 0) is 4.79 Å². The number of benzene rings is 2. The van der Waals surface area contributed by atoms with E-state index in [9.17, 15) is 14.0 Å². The number of halogens is 1. The third kappa shape index (κ3) is 4.23. The molecule has 1 unspecified atom stereocenters. The fraction of sp³-hybridized carbons (Fsp3) is 0.136. The van der Waals surface area contributed by atoms with Gasteiger partial charge in [-0.2, -0.15) is 0 Å². The highest BCUT2D eigenvalue weighted by molar-refractivity contribution is 7.14. The Morgan fingerprint density at radius 2 is 1.97 bits per heavy atom. The number of nitrogens with zero attached hydrogens (tertiary/aromatic N) is 1. The smallest absolute Gasteiger partial charge is 0.336 e. The van der Waals surface area contributed by atoms with Crippen LogP contribution in [0.25, 0.3) is 22.2 Å².